The maximum Gasteiger partial charge on any atom is 0.417 e. The number of halogens is 5. The van der Waals surface area contributed by atoms with Crippen LogP contribution in [0.2, 0.25) is 10.0 Å². The second kappa shape index (κ2) is 8.24. The Morgan fingerprint density at radius 3 is 2.52 bits per heavy atom. The zero-order valence-corrected chi connectivity index (χ0v) is 16.0. The summed E-state index contributed by atoms with van der Waals surface area (Å²) in [7, 11) is 0. The normalized spacial score (nSPS) is 20.1. The topological polar surface area (TPSA) is 69.6 Å². The summed E-state index contributed by atoms with van der Waals surface area (Å²) in [5, 5.41) is 12.7. The Hall–Kier alpha value is -1.51. The third-order valence-corrected chi connectivity index (χ3v) is 5.16. The van der Waals surface area contributed by atoms with Crippen molar-refractivity contribution in [3.8, 4) is 0 Å². The Morgan fingerprint density at radius 1 is 1.26 bits per heavy atom. The molecule has 0 spiro atoms. The molecule has 1 fully saturated rings. The van der Waals surface area contributed by atoms with Crippen molar-refractivity contribution >= 4 is 40.7 Å². The minimum atomic E-state index is -4.95. The first-order chi connectivity index (χ1) is 12.4. The zero-order chi connectivity index (χ0) is 20.4. The Kier molecular flexibility index (Phi) is 6.65. The number of piperidine rings is 1. The van der Waals surface area contributed by atoms with Gasteiger partial charge in [0.2, 0.25) is 11.8 Å². The predicted octanol–water partition coefficient (Wildman–Crippen LogP) is 4.02. The van der Waals surface area contributed by atoms with E-state index in [2.05, 4.69) is 5.32 Å². The Morgan fingerprint density at radius 2 is 1.93 bits per heavy atom. The van der Waals surface area contributed by atoms with Gasteiger partial charge in [0.25, 0.3) is 0 Å². The van der Waals surface area contributed by atoms with Gasteiger partial charge in [0.15, 0.2) is 5.60 Å². The lowest BCUT2D eigenvalue weighted by Gasteiger charge is -2.36. The lowest BCUT2D eigenvalue weighted by Crippen LogP contribution is -2.53. The molecule has 0 aromatic heterocycles. The average Bonchev–Trinajstić information content (AvgIpc) is 2.56. The molecule has 2 amide bonds. The molecular formula is C17H19Cl2F3N2O3. The maximum absolute atomic E-state index is 12.9. The summed E-state index contributed by atoms with van der Waals surface area (Å²) in [5.41, 5.74) is -2.80. The SMILES string of the molecule is C[C@](O)(CC(=O)N1CCCC[C@H]1C(=O)Nc1ccc(Cl)c(Cl)c1)C(F)(F)F. The third-order valence-electron chi connectivity index (χ3n) is 4.42. The number of amides is 2. The quantitative estimate of drug-likeness (QED) is 0.763. The van der Waals surface area contributed by atoms with E-state index in [0.717, 1.165) is 4.90 Å². The molecule has 2 atom stereocenters. The Balaban J connectivity index is 2.12. The van der Waals surface area contributed by atoms with Gasteiger partial charge in [-0.1, -0.05) is 23.2 Å². The molecule has 0 bridgehead atoms. The number of aliphatic hydroxyl groups is 1. The van der Waals surface area contributed by atoms with E-state index < -0.39 is 36.1 Å². The van der Waals surface area contributed by atoms with Crippen molar-refractivity contribution in [3.63, 3.8) is 0 Å². The van der Waals surface area contributed by atoms with Gasteiger partial charge in [-0.15, -0.1) is 0 Å². The van der Waals surface area contributed by atoms with Gasteiger partial charge in [-0.05, 0) is 44.4 Å². The van der Waals surface area contributed by atoms with Crippen LogP contribution in [0.25, 0.3) is 0 Å². The summed E-state index contributed by atoms with van der Waals surface area (Å²) in [4.78, 5) is 26.0. The van der Waals surface area contributed by atoms with Crippen molar-refractivity contribution in [2.75, 3.05) is 11.9 Å². The third kappa shape index (κ3) is 5.27. The number of likely N-dealkylation sites (tertiary alicyclic amines) is 1. The van der Waals surface area contributed by atoms with Crippen LogP contribution in [0.3, 0.4) is 0 Å². The van der Waals surface area contributed by atoms with Crippen LogP contribution in [0.15, 0.2) is 18.2 Å². The highest BCUT2D eigenvalue weighted by Gasteiger charge is 2.52. The summed E-state index contributed by atoms with van der Waals surface area (Å²) in [6, 6.07) is 3.52. The standard InChI is InChI=1S/C17H19Cl2F3N2O3/c1-16(27,17(20,21)22)9-14(25)24-7-3-2-4-13(24)15(26)23-10-5-6-11(18)12(19)8-10/h5-6,8,13,27H,2-4,7,9H2,1H3,(H,23,26)/t13-,16-/m0/s1. The van der Waals surface area contributed by atoms with E-state index >= 15 is 0 Å². The van der Waals surface area contributed by atoms with Crippen LogP contribution < -0.4 is 5.32 Å². The van der Waals surface area contributed by atoms with E-state index in [1.165, 1.54) is 18.2 Å². The number of carbonyl (C=O) groups is 2. The van der Waals surface area contributed by atoms with Gasteiger partial charge in [0.05, 0.1) is 16.5 Å². The van der Waals surface area contributed by atoms with E-state index in [4.69, 9.17) is 23.2 Å². The fraction of sp³-hybridized carbons (Fsp3) is 0.529. The molecule has 1 saturated heterocycles. The van der Waals surface area contributed by atoms with Gasteiger partial charge >= 0.3 is 6.18 Å². The molecule has 2 N–H and O–H groups in total. The van der Waals surface area contributed by atoms with E-state index in [-0.39, 0.29) is 11.6 Å². The smallest absolute Gasteiger partial charge is 0.380 e. The van der Waals surface area contributed by atoms with Gasteiger partial charge in [0, 0.05) is 12.2 Å². The summed E-state index contributed by atoms with van der Waals surface area (Å²) in [6.45, 7) is 0.686. The molecule has 10 heteroatoms. The Bertz CT molecular complexity index is 726. The predicted molar refractivity (Wildman–Crippen MR) is 95.7 cm³/mol. The summed E-state index contributed by atoms with van der Waals surface area (Å²) in [5.74, 6) is -1.46. The molecule has 0 radical (unpaired) electrons. The summed E-state index contributed by atoms with van der Waals surface area (Å²) < 4.78 is 38.6. The largest absolute Gasteiger partial charge is 0.417 e. The fourth-order valence-corrected chi connectivity index (χ4v) is 3.10. The van der Waals surface area contributed by atoms with Crippen LogP contribution in [0.1, 0.15) is 32.6 Å². The van der Waals surface area contributed by atoms with E-state index in [9.17, 15) is 27.9 Å². The molecule has 0 aliphatic carbocycles. The first-order valence-corrected chi connectivity index (χ1v) is 9.02. The Labute approximate surface area is 164 Å². The summed E-state index contributed by atoms with van der Waals surface area (Å²) in [6.07, 6.45) is -4.56. The highest BCUT2D eigenvalue weighted by molar-refractivity contribution is 6.42. The molecule has 1 aliphatic heterocycles. The number of rotatable bonds is 4. The van der Waals surface area contributed by atoms with Crippen molar-refractivity contribution in [3.05, 3.63) is 28.2 Å². The van der Waals surface area contributed by atoms with Crippen molar-refractivity contribution in [1.82, 2.24) is 4.90 Å². The number of hydrogen-bond acceptors (Lipinski definition) is 3. The second-order valence-electron chi connectivity index (χ2n) is 6.67. The van der Waals surface area contributed by atoms with Crippen molar-refractivity contribution in [1.29, 1.82) is 0 Å². The molecule has 27 heavy (non-hydrogen) atoms. The molecule has 0 saturated carbocycles. The fourth-order valence-electron chi connectivity index (χ4n) is 2.80. The van der Waals surface area contributed by atoms with Crippen molar-refractivity contribution in [2.45, 2.75) is 50.4 Å². The van der Waals surface area contributed by atoms with Gasteiger partial charge in [-0.25, -0.2) is 0 Å². The lowest BCUT2D eigenvalue weighted by molar-refractivity contribution is -0.254. The molecule has 1 aromatic carbocycles. The molecule has 150 valence electrons. The molecule has 5 nitrogen and oxygen atoms in total. The minimum Gasteiger partial charge on any atom is -0.380 e. The van der Waals surface area contributed by atoms with Crippen LogP contribution in [0.5, 0.6) is 0 Å². The van der Waals surface area contributed by atoms with Gasteiger partial charge in [-0.3, -0.25) is 9.59 Å². The minimum absolute atomic E-state index is 0.145. The molecule has 0 unspecified atom stereocenters. The highest BCUT2D eigenvalue weighted by Crippen LogP contribution is 2.34. The zero-order valence-electron chi connectivity index (χ0n) is 14.4. The van der Waals surface area contributed by atoms with E-state index in [1.807, 2.05) is 0 Å². The second-order valence-corrected chi connectivity index (χ2v) is 7.48. The number of nitrogens with zero attached hydrogens (tertiary/aromatic N) is 1. The van der Waals surface area contributed by atoms with Crippen molar-refractivity contribution in [2.24, 2.45) is 0 Å². The first-order valence-electron chi connectivity index (χ1n) is 8.27. The van der Waals surface area contributed by atoms with Crippen LogP contribution in [-0.2, 0) is 9.59 Å². The van der Waals surface area contributed by atoms with E-state index in [1.54, 1.807) is 0 Å². The number of nitrogens with one attached hydrogen (secondary N) is 1. The van der Waals surface area contributed by atoms with Crippen LogP contribution in [0, 0.1) is 0 Å². The van der Waals surface area contributed by atoms with Crippen LogP contribution in [-0.4, -0.2) is 46.2 Å². The maximum atomic E-state index is 12.9. The molecule has 1 aliphatic rings. The number of carbonyl (C=O) groups excluding carboxylic acids is 2. The highest BCUT2D eigenvalue weighted by atomic mass is 35.5. The molecule has 1 heterocycles. The number of alkyl halides is 3. The van der Waals surface area contributed by atoms with Crippen LogP contribution >= 0.6 is 23.2 Å². The lowest BCUT2D eigenvalue weighted by atomic mass is 9.96. The van der Waals surface area contributed by atoms with Gasteiger partial charge < -0.3 is 15.3 Å². The first kappa shape index (κ1) is 21.8. The molecule has 1 aromatic rings. The van der Waals surface area contributed by atoms with Crippen LogP contribution in [0.4, 0.5) is 18.9 Å². The average molecular weight is 427 g/mol. The molecule has 2 rings (SSSR count). The van der Waals surface area contributed by atoms with Gasteiger partial charge in [-0.2, -0.15) is 13.2 Å². The number of anilines is 1. The number of hydrogen-bond donors (Lipinski definition) is 2. The van der Waals surface area contributed by atoms with Crippen molar-refractivity contribution < 1.29 is 27.9 Å². The van der Waals surface area contributed by atoms with E-state index in [0.29, 0.717) is 36.9 Å². The number of benzene rings is 1. The monoisotopic (exact) mass is 426 g/mol. The molecular weight excluding hydrogens is 408 g/mol. The van der Waals surface area contributed by atoms with Gasteiger partial charge in [0.1, 0.15) is 6.04 Å². The summed E-state index contributed by atoms with van der Waals surface area (Å²) >= 11 is 11.7.